The third-order valence-electron chi connectivity index (χ3n) is 5.11. The molecule has 0 unspecified atom stereocenters. The Bertz CT molecular complexity index is 1340. The van der Waals surface area contributed by atoms with Gasteiger partial charge in [0.2, 0.25) is 5.91 Å². The van der Waals surface area contributed by atoms with Crippen molar-refractivity contribution in [2.75, 3.05) is 16.4 Å². The Labute approximate surface area is 225 Å². The number of para-hydroxylation sites is 2. The maximum Gasteiger partial charge on any atom is 0.412 e. The number of nitriles is 1. The van der Waals surface area contributed by atoms with E-state index in [4.69, 9.17) is 15.7 Å². The van der Waals surface area contributed by atoms with Crippen molar-refractivity contribution in [1.82, 2.24) is 0 Å². The Kier molecular flexibility index (Phi) is 9.11. The van der Waals surface area contributed by atoms with Crippen LogP contribution in [0.15, 0.2) is 81.8 Å². The number of nitrogens with two attached hydrogens (primary N) is 1. The minimum atomic E-state index is -0.956. The van der Waals surface area contributed by atoms with E-state index in [2.05, 4.69) is 42.5 Å². The number of nitrogens with zero attached hydrogens (tertiary/aromatic N) is 1. The molecular formula is C26H22Br2N4O4. The number of hydrogen-bond acceptors (Lipinski definition) is 6. The number of benzene rings is 3. The highest BCUT2D eigenvalue weighted by molar-refractivity contribution is 9.11. The number of ether oxygens (including phenoxy) is 1. The molecule has 0 saturated heterocycles. The van der Waals surface area contributed by atoms with E-state index in [0.29, 0.717) is 37.1 Å². The van der Waals surface area contributed by atoms with Gasteiger partial charge in [0.15, 0.2) is 0 Å². The fraction of sp³-hybridized carbons (Fsp3) is 0.115. The number of rotatable bonds is 7. The Morgan fingerprint density at radius 1 is 1.11 bits per heavy atom. The summed E-state index contributed by atoms with van der Waals surface area (Å²) in [5.41, 5.74) is 7.98. The lowest BCUT2D eigenvalue weighted by molar-refractivity contribution is -0.111. The highest BCUT2D eigenvalue weighted by Crippen LogP contribution is 2.40. The molecule has 0 saturated carbocycles. The smallest absolute Gasteiger partial charge is 0.412 e. The summed E-state index contributed by atoms with van der Waals surface area (Å²) in [6, 6.07) is 18.4. The number of amides is 2. The van der Waals surface area contributed by atoms with E-state index in [0.717, 1.165) is 0 Å². The van der Waals surface area contributed by atoms with Gasteiger partial charge in [-0.3, -0.25) is 10.1 Å². The van der Waals surface area contributed by atoms with Gasteiger partial charge in [0.25, 0.3) is 0 Å². The Hall–Kier alpha value is -3.81. The van der Waals surface area contributed by atoms with Crippen LogP contribution in [-0.2, 0) is 9.53 Å². The van der Waals surface area contributed by atoms with Gasteiger partial charge in [-0.15, -0.1) is 0 Å². The SMILES string of the molecule is C[C@H](/C=C/C(=O)Nc1ccccc1N)[C@@H](OC(=O)Nc1ccc(C#N)cc1)c1cc(Br)cc(Br)c1O. The molecule has 8 nitrogen and oxygen atoms in total. The molecule has 3 aromatic carbocycles. The lowest BCUT2D eigenvalue weighted by Crippen LogP contribution is -2.22. The van der Waals surface area contributed by atoms with Gasteiger partial charge >= 0.3 is 6.09 Å². The maximum atomic E-state index is 12.7. The number of phenolic OH excluding ortho intramolecular Hbond substituents is 1. The van der Waals surface area contributed by atoms with Crippen molar-refractivity contribution in [3.05, 3.63) is 92.9 Å². The fourth-order valence-electron chi connectivity index (χ4n) is 3.27. The van der Waals surface area contributed by atoms with Gasteiger partial charge in [0.05, 0.1) is 27.5 Å². The molecular weight excluding hydrogens is 592 g/mol. The highest BCUT2D eigenvalue weighted by Gasteiger charge is 2.27. The van der Waals surface area contributed by atoms with Crippen LogP contribution in [0.5, 0.6) is 5.75 Å². The number of phenols is 1. The highest BCUT2D eigenvalue weighted by atomic mass is 79.9. The van der Waals surface area contributed by atoms with Crippen LogP contribution < -0.4 is 16.4 Å². The number of nitrogens with one attached hydrogen (secondary N) is 2. The number of carbonyl (C=O) groups is 2. The van der Waals surface area contributed by atoms with Crippen molar-refractivity contribution in [3.8, 4) is 11.8 Å². The Morgan fingerprint density at radius 3 is 2.47 bits per heavy atom. The van der Waals surface area contributed by atoms with Gasteiger partial charge in [-0.05, 0) is 70.5 Å². The number of nitrogen functional groups attached to an aromatic ring is 1. The van der Waals surface area contributed by atoms with Crippen LogP contribution in [0.3, 0.4) is 0 Å². The first-order valence-corrected chi connectivity index (χ1v) is 12.3. The predicted molar refractivity (Wildman–Crippen MR) is 145 cm³/mol. The average molecular weight is 614 g/mol. The normalized spacial score (nSPS) is 12.4. The first-order valence-electron chi connectivity index (χ1n) is 10.7. The van der Waals surface area contributed by atoms with E-state index in [1.165, 1.54) is 6.08 Å². The van der Waals surface area contributed by atoms with Crippen LogP contribution in [0.4, 0.5) is 21.9 Å². The zero-order chi connectivity index (χ0) is 26.2. The molecule has 0 aliphatic carbocycles. The second kappa shape index (κ2) is 12.2. The Balaban J connectivity index is 1.82. The summed E-state index contributed by atoms with van der Waals surface area (Å²) < 4.78 is 6.75. The second-order valence-electron chi connectivity index (χ2n) is 7.76. The fourth-order valence-corrected chi connectivity index (χ4v) is 4.53. The van der Waals surface area contributed by atoms with Crippen molar-refractivity contribution in [2.45, 2.75) is 13.0 Å². The molecule has 0 aromatic heterocycles. The van der Waals surface area contributed by atoms with Gasteiger partial charge in [0.1, 0.15) is 11.9 Å². The molecule has 2 amide bonds. The molecule has 10 heteroatoms. The lowest BCUT2D eigenvalue weighted by atomic mass is 9.96. The van der Waals surface area contributed by atoms with Gasteiger partial charge in [0, 0.05) is 21.6 Å². The third kappa shape index (κ3) is 7.10. The molecule has 36 heavy (non-hydrogen) atoms. The summed E-state index contributed by atoms with van der Waals surface area (Å²) in [5, 5.41) is 24.9. The number of carbonyl (C=O) groups excluding carboxylic acids is 2. The van der Waals surface area contributed by atoms with Crippen molar-refractivity contribution in [2.24, 2.45) is 5.92 Å². The third-order valence-corrected chi connectivity index (χ3v) is 6.17. The molecule has 3 aromatic rings. The van der Waals surface area contributed by atoms with E-state index < -0.39 is 24.0 Å². The van der Waals surface area contributed by atoms with Crippen molar-refractivity contribution >= 4 is 60.9 Å². The van der Waals surface area contributed by atoms with E-state index in [1.807, 2.05) is 6.07 Å². The van der Waals surface area contributed by atoms with Crippen LogP contribution in [0, 0.1) is 17.2 Å². The van der Waals surface area contributed by atoms with Crippen molar-refractivity contribution in [1.29, 1.82) is 5.26 Å². The number of anilines is 3. The standard InChI is InChI=1S/C26H22Br2N4O4/c1-15(6-11-23(33)32-22-5-3-2-4-21(22)30)25(19-12-17(27)13-20(28)24(19)34)36-26(35)31-18-9-7-16(14-29)8-10-18/h2-13,15,25,34H,30H2,1H3,(H,31,35)(H,32,33)/b11-6+/t15-,25-/m1/s1. The van der Waals surface area contributed by atoms with E-state index >= 15 is 0 Å². The first-order chi connectivity index (χ1) is 17.2. The molecule has 0 bridgehead atoms. The van der Waals surface area contributed by atoms with Gasteiger partial charge in [-0.25, -0.2) is 4.79 Å². The molecule has 5 N–H and O–H groups in total. The Morgan fingerprint density at radius 2 is 1.81 bits per heavy atom. The van der Waals surface area contributed by atoms with Crippen LogP contribution in [0.1, 0.15) is 24.2 Å². The van der Waals surface area contributed by atoms with Crippen molar-refractivity contribution in [3.63, 3.8) is 0 Å². The maximum absolute atomic E-state index is 12.7. The minimum absolute atomic E-state index is 0.101. The van der Waals surface area contributed by atoms with Crippen LogP contribution in [0.25, 0.3) is 0 Å². The second-order valence-corrected chi connectivity index (χ2v) is 9.53. The largest absolute Gasteiger partial charge is 0.506 e. The quantitative estimate of drug-likeness (QED) is 0.177. The molecule has 2 atom stereocenters. The summed E-state index contributed by atoms with van der Waals surface area (Å²) in [6.45, 7) is 1.74. The van der Waals surface area contributed by atoms with E-state index in [9.17, 15) is 14.7 Å². The predicted octanol–water partition coefficient (Wildman–Crippen LogP) is 6.49. The number of aromatic hydroxyl groups is 1. The average Bonchev–Trinajstić information content (AvgIpc) is 2.85. The molecule has 184 valence electrons. The number of hydrogen-bond donors (Lipinski definition) is 4. The van der Waals surface area contributed by atoms with Crippen molar-refractivity contribution < 1.29 is 19.4 Å². The summed E-state index contributed by atoms with van der Waals surface area (Å²) in [4.78, 5) is 25.2. The topological polar surface area (TPSA) is 137 Å². The van der Waals surface area contributed by atoms with Crippen LogP contribution >= 0.6 is 31.9 Å². The summed E-state index contributed by atoms with van der Waals surface area (Å²) >= 11 is 6.68. The van der Waals surface area contributed by atoms with Gasteiger partial charge in [-0.1, -0.05) is 41.1 Å². The van der Waals surface area contributed by atoms with Crippen LogP contribution in [0.2, 0.25) is 0 Å². The molecule has 0 aliphatic heterocycles. The molecule has 0 aliphatic rings. The first kappa shape index (κ1) is 26.8. The zero-order valence-electron chi connectivity index (χ0n) is 19.0. The van der Waals surface area contributed by atoms with Gasteiger partial charge < -0.3 is 20.9 Å². The lowest BCUT2D eigenvalue weighted by Gasteiger charge is -2.24. The summed E-state index contributed by atoms with van der Waals surface area (Å²) in [5.74, 6) is -1.04. The van der Waals surface area contributed by atoms with E-state index in [1.54, 1.807) is 73.7 Å². The molecule has 0 spiro atoms. The molecule has 3 rings (SSSR count). The number of halogens is 2. The van der Waals surface area contributed by atoms with Crippen LogP contribution in [-0.4, -0.2) is 17.1 Å². The zero-order valence-corrected chi connectivity index (χ0v) is 22.2. The van der Waals surface area contributed by atoms with E-state index in [-0.39, 0.29) is 5.75 Å². The summed E-state index contributed by atoms with van der Waals surface area (Å²) in [7, 11) is 0. The minimum Gasteiger partial charge on any atom is -0.506 e. The summed E-state index contributed by atoms with van der Waals surface area (Å²) in [6.07, 6.45) is 1.16. The van der Waals surface area contributed by atoms with Gasteiger partial charge in [-0.2, -0.15) is 5.26 Å². The monoisotopic (exact) mass is 612 g/mol. The molecule has 0 heterocycles. The molecule has 0 fully saturated rings. The molecule has 0 radical (unpaired) electrons.